The van der Waals surface area contributed by atoms with Crippen LogP contribution in [0.15, 0.2) is 30.6 Å². The minimum absolute atomic E-state index is 0.0468. The minimum atomic E-state index is -0.431. The summed E-state index contributed by atoms with van der Waals surface area (Å²) in [4.78, 5) is 16.2. The number of aromatic nitrogens is 3. The maximum absolute atomic E-state index is 12.3. The standard InChI is InChI=1S/C13H14N4O2/c1-19-10-4-2-9(3-5-10)13(6-7-13)11(18)16-12-14-8-15-17-12/h2-5,8H,6-7H2,1H3,(H2,14,15,16,17,18). The molecule has 6 heteroatoms. The molecule has 0 unspecified atom stereocenters. The number of benzene rings is 1. The number of carbonyl (C=O) groups excluding carboxylic acids is 1. The van der Waals surface area contributed by atoms with Gasteiger partial charge in [0.1, 0.15) is 12.1 Å². The molecule has 2 N–H and O–H groups in total. The molecule has 0 bridgehead atoms. The first-order valence-corrected chi connectivity index (χ1v) is 6.06. The smallest absolute Gasteiger partial charge is 0.237 e. The quantitative estimate of drug-likeness (QED) is 0.870. The van der Waals surface area contributed by atoms with E-state index in [1.807, 2.05) is 24.3 Å². The fraction of sp³-hybridized carbons (Fsp3) is 0.308. The topological polar surface area (TPSA) is 79.9 Å². The average Bonchev–Trinajstić information content (AvgIpc) is 3.11. The molecule has 19 heavy (non-hydrogen) atoms. The van der Waals surface area contributed by atoms with E-state index in [1.54, 1.807) is 7.11 Å². The summed E-state index contributed by atoms with van der Waals surface area (Å²) in [5, 5.41) is 9.08. The van der Waals surface area contributed by atoms with Gasteiger partial charge in [0, 0.05) is 0 Å². The summed E-state index contributed by atoms with van der Waals surface area (Å²) in [6, 6.07) is 7.62. The van der Waals surface area contributed by atoms with E-state index >= 15 is 0 Å². The maximum Gasteiger partial charge on any atom is 0.237 e. The number of anilines is 1. The van der Waals surface area contributed by atoms with Crippen LogP contribution in [0.4, 0.5) is 5.95 Å². The molecule has 0 saturated heterocycles. The van der Waals surface area contributed by atoms with E-state index in [-0.39, 0.29) is 5.91 Å². The second-order valence-electron chi connectivity index (χ2n) is 4.60. The van der Waals surface area contributed by atoms with Crippen molar-refractivity contribution in [3.63, 3.8) is 0 Å². The predicted molar refractivity (Wildman–Crippen MR) is 68.9 cm³/mol. The van der Waals surface area contributed by atoms with E-state index in [0.29, 0.717) is 5.95 Å². The van der Waals surface area contributed by atoms with Crippen molar-refractivity contribution in [2.24, 2.45) is 0 Å². The molecule has 0 spiro atoms. The predicted octanol–water partition coefficient (Wildman–Crippen LogP) is 1.48. The Hall–Kier alpha value is -2.37. The Morgan fingerprint density at radius 2 is 2.11 bits per heavy atom. The van der Waals surface area contributed by atoms with E-state index in [1.165, 1.54) is 6.33 Å². The van der Waals surface area contributed by atoms with Gasteiger partial charge in [-0.05, 0) is 30.5 Å². The number of aromatic amines is 1. The van der Waals surface area contributed by atoms with Gasteiger partial charge in [-0.1, -0.05) is 12.1 Å². The number of nitrogens with one attached hydrogen (secondary N) is 2. The van der Waals surface area contributed by atoms with Crippen LogP contribution in [-0.2, 0) is 10.2 Å². The van der Waals surface area contributed by atoms with Gasteiger partial charge in [0.05, 0.1) is 12.5 Å². The molecule has 98 valence electrons. The first kappa shape index (κ1) is 11.7. The molecular weight excluding hydrogens is 244 g/mol. The summed E-state index contributed by atoms with van der Waals surface area (Å²) >= 11 is 0. The van der Waals surface area contributed by atoms with Crippen LogP contribution in [0.1, 0.15) is 18.4 Å². The Balaban J connectivity index is 1.80. The summed E-state index contributed by atoms with van der Waals surface area (Å²) in [5.41, 5.74) is 0.573. The van der Waals surface area contributed by atoms with E-state index in [2.05, 4.69) is 20.5 Å². The zero-order valence-electron chi connectivity index (χ0n) is 10.5. The molecule has 1 heterocycles. The summed E-state index contributed by atoms with van der Waals surface area (Å²) in [6.07, 6.45) is 3.06. The molecule has 2 aromatic rings. The van der Waals surface area contributed by atoms with Crippen LogP contribution in [0.5, 0.6) is 5.75 Å². The average molecular weight is 258 g/mol. The molecule has 1 aliphatic rings. The highest BCUT2D eigenvalue weighted by Gasteiger charge is 2.51. The number of ether oxygens (including phenoxy) is 1. The third-order valence-corrected chi connectivity index (χ3v) is 3.47. The van der Waals surface area contributed by atoms with Gasteiger partial charge >= 0.3 is 0 Å². The lowest BCUT2D eigenvalue weighted by molar-refractivity contribution is -0.118. The molecule has 1 aromatic heterocycles. The van der Waals surface area contributed by atoms with E-state index < -0.39 is 5.41 Å². The van der Waals surface area contributed by atoms with Crippen LogP contribution in [-0.4, -0.2) is 28.2 Å². The first-order valence-electron chi connectivity index (χ1n) is 6.06. The van der Waals surface area contributed by atoms with Crippen molar-refractivity contribution in [2.75, 3.05) is 12.4 Å². The fourth-order valence-corrected chi connectivity index (χ4v) is 2.17. The van der Waals surface area contributed by atoms with Crippen molar-refractivity contribution in [1.29, 1.82) is 0 Å². The minimum Gasteiger partial charge on any atom is -0.497 e. The SMILES string of the molecule is COc1ccc(C2(C(=O)Nc3ncn[nH]3)CC2)cc1. The van der Waals surface area contributed by atoms with Gasteiger partial charge in [-0.25, -0.2) is 5.10 Å². The third-order valence-electron chi connectivity index (χ3n) is 3.47. The molecular formula is C13H14N4O2. The number of hydrogen-bond acceptors (Lipinski definition) is 4. The summed E-state index contributed by atoms with van der Waals surface area (Å²) in [6.45, 7) is 0. The number of methoxy groups -OCH3 is 1. The van der Waals surface area contributed by atoms with E-state index in [0.717, 1.165) is 24.2 Å². The summed E-state index contributed by atoms with van der Waals surface area (Å²) in [5.74, 6) is 1.12. The highest BCUT2D eigenvalue weighted by atomic mass is 16.5. The highest BCUT2D eigenvalue weighted by Crippen LogP contribution is 2.49. The van der Waals surface area contributed by atoms with Gasteiger partial charge < -0.3 is 4.74 Å². The van der Waals surface area contributed by atoms with Gasteiger partial charge in [-0.2, -0.15) is 10.1 Å². The normalized spacial score (nSPS) is 15.8. The zero-order chi connectivity index (χ0) is 13.3. The second kappa shape index (κ2) is 4.38. The molecule has 0 atom stereocenters. The first-order chi connectivity index (χ1) is 9.24. The molecule has 1 aliphatic carbocycles. The Kier molecular flexibility index (Phi) is 2.70. The maximum atomic E-state index is 12.3. The van der Waals surface area contributed by atoms with Gasteiger partial charge in [-0.3, -0.25) is 10.1 Å². The van der Waals surface area contributed by atoms with Crippen LogP contribution >= 0.6 is 0 Å². The number of amides is 1. The Morgan fingerprint density at radius 1 is 1.37 bits per heavy atom. The van der Waals surface area contributed by atoms with Crippen molar-refractivity contribution in [1.82, 2.24) is 15.2 Å². The molecule has 6 nitrogen and oxygen atoms in total. The number of nitrogens with zero attached hydrogens (tertiary/aromatic N) is 2. The zero-order valence-corrected chi connectivity index (χ0v) is 10.5. The molecule has 1 saturated carbocycles. The monoisotopic (exact) mass is 258 g/mol. The number of H-pyrrole nitrogens is 1. The summed E-state index contributed by atoms with van der Waals surface area (Å²) < 4.78 is 5.12. The Bertz CT molecular complexity index is 573. The van der Waals surface area contributed by atoms with Gasteiger partial charge in [0.25, 0.3) is 0 Å². The lowest BCUT2D eigenvalue weighted by atomic mass is 9.95. The number of rotatable bonds is 4. The van der Waals surface area contributed by atoms with Crippen molar-refractivity contribution >= 4 is 11.9 Å². The van der Waals surface area contributed by atoms with Gasteiger partial charge in [0.2, 0.25) is 11.9 Å². The van der Waals surface area contributed by atoms with Crippen molar-refractivity contribution in [3.8, 4) is 5.75 Å². The van der Waals surface area contributed by atoms with Gasteiger partial charge in [0.15, 0.2) is 0 Å². The molecule has 3 rings (SSSR count). The summed E-state index contributed by atoms with van der Waals surface area (Å²) in [7, 11) is 1.62. The highest BCUT2D eigenvalue weighted by molar-refractivity contribution is 6.00. The molecule has 0 radical (unpaired) electrons. The number of hydrogen-bond donors (Lipinski definition) is 2. The van der Waals surface area contributed by atoms with Crippen LogP contribution in [0.3, 0.4) is 0 Å². The molecule has 1 aromatic carbocycles. The van der Waals surface area contributed by atoms with Crippen LogP contribution in [0.2, 0.25) is 0 Å². The van der Waals surface area contributed by atoms with Crippen LogP contribution < -0.4 is 10.1 Å². The fourth-order valence-electron chi connectivity index (χ4n) is 2.17. The third kappa shape index (κ3) is 2.05. The molecule has 1 fully saturated rings. The largest absolute Gasteiger partial charge is 0.497 e. The van der Waals surface area contributed by atoms with Crippen LogP contribution in [0, 0.1) is 0 Å². The molecule has 0 aliphatic heterocycles. The van der Waals surface area contributed by atoms with Crippen molar-refractivity contribution in [2.45, 2.75) is 18.3 Å². The Morgan fingerprint density at radius 3 is 2.63 bits per heavy atom. The lowest BCUT2D eigenvalue weighted by Gasteiger charge is -2.14. The second-order valence-corrected chi connectivity index (χ2v) is 4.60. The van der Waals surface area contributed by atoms with Gasteiger partial charge in [-0.15, -0.1) is 0 Å². The van der Waals surface area contributed by atoms with Crippen molar-refractivity contribution < 1.29 is 9.53 Å². The van der Waals surface area contributed by atoms with Crippen LogP contribution in [0.25, 0.3) is 0 Å². The Labute approximate surface area is 110 Å². The molecule has 1 amide bonds. The van der Waals surface area contributed by atoms with E-state index in [4.69, 9.17) is 4.74 Å². The van der Waals surface area contributed by atoms with Crippen molar-refractivity contribution in [3.05, 3.63) is 36.2 Å². The number of carbonyl (C=O) groups is 1. The van der Waals surface area contributed by atoms with E-state index in [9.17, 15) is 4.79 Å². The lowest BCUT2D eigenvalue weighted by Crippen LogP contribution is -2.28.